The summed E-state index contributed by atoms with van der Waals surface area (Å²) in [7, 11) is 0. The van der Waals surface area contributed by atoms with Gasteiger partial charge in [-0.1, -0.05) is 54.1 Å². The van der Waals surface area contributed by atoms with Gasteiger partial charge in [-0.25, -0.2) is 4.98 Å². The minimum absolute atomic E-state index is 0.489. The highest BCUT2D eigenvalue weighted by molar-refractivity contribution is 6.30. The zero-order chi connectivity index (χ0) is 15.2. The second-order valence-corrected chi connectivity index (χ2v) is 5.51. The number of nitrogens with zero attached hydrogens (tertiary/aromatic N) is 2. The van der Waals surface area contributed by atoms with Gasteiger partial charge in [0.15, 0.2) is 0 Å². The van der Waals surface area contributed by atoms with Crippen LogP contribution in [0.5, 0.6) is 0 Å². The Hall–Kier alpha value is -2.10. The molecule has 0 saturated carbocycles. The number of hydrogen-bond acceptors (Lipinski definition) is 2. The minimum atomic E-state index is 0.489. The van der Waals surface area contributed by atoms with Crippen LogP contribution in [0.15, 0.2) is 67.0 Å². The largest absolute Gasteiger partial charge is 0.369 e. The molecular formula is C18H17ClN2O. The van der Waals surface area contributed by atoms with Crippen LogP contribution in [0.3, 0.4) is 0 Å². The zero-order valence-electron chi connectivity index (χ0n) is 12.2. The molecule has 3 rings (SSSR count). The Morgan fingerprint density at radius 2 is 1.68 bits per heavy atom. The fourth-order valence-corrected chi connectivity index (χ4v) is 2.37. The van der Waals surface area contributed by atoms with Crippen molar-refractivity contribution >= 4 is 11.6 Å². The zero-order valence-corrected chi connectivity index (χ0v) is 12.9. The molecular weight excluding hydrogens is 296 g/mol. The molecule has 0 atom stereocenters. The lowest BCUT2D eigenvalue weighted by atomic mass is 10.2. The Morgan fingerprint density at radius 1 is 0.909 bits per heavy atom. The van der Waals surface area contributed by atoms with Crippen molar-refractivity contribution in [1.29, 1.82) is 0 Å². The predicted octanol–water partition coefficient (Wildman–Crippen LogP) is 4.30. The molecule has 4 heteroatoms. The summed E-state index contributed by atoms with van der Waals surface area (Å²) >= 11 is 5.87. The molecule has 2 aromatic carbocycles. The molecule has 1 heterocycles. The second kappa shape index (κ2) is 7.25. The average molecular weight is 313 g/mol. The molecule has 0 fully saturated rings. The molecule has 3 nitrogen and oxygen atoms in total. The fourth-order valence-electron chi connectivity index (χ4n) is 2.25. The van der Waals surface area contributed by atoms with Crippen molar-refractivity contribution in [3.8, 4) is 0 Å². The van der Waals surface area contributed by atoms with E-state index in [9.17, 15) is 0 Å². The lowest BCUT2D eigenvalue weighted by Crippen LogP contribution is -2.06. The Kier molecular flexibility index (Phi) is 4.88. The van der Waals surface area contributed by atoms with Crippen LogP contribution in [0.4, 0.5) is 0 Å². The van der Waals surface area contributed by atoms with Gasteiger partial charge < -0.3 is 9.30 Å². The van der Waals surface area contributed by atoms with Gasteiger partial charge >= 0.3 is 0 Å². The fraction of sp³-hybridized carbons (Fsp3) is 0.167. The highest BCUT2D eigenvalue weighted by Crippen LogP contribution is 2.11. The van der Waals surface area contributed by atoms with E-state index < -0.39 is 0 Å². The Morgan fingerprint density at radius 3 is 2.45 bits per heavy atom. The van der Waals surface area contributed by atoms with E-state index in [1.165, 1.54) is 5.56 Å². The standard InChI is InChI=1S/C18H17ClN2O/c19-17-8-6-16(7-9-17)13-22-14-18-20-10-11-21(18)12-15-4-2-1-3-5-15/h1-11H,12-14H2. The summed E-state index contributed by atoms with van der Waals surface area (Å²) < 4.78 is 7.86. The van der Waals surface area contributed by atoms with Crippen LogP contribution in [0.25, 0.3) is 0 Å². The third-order valence-electron chi connectivity index (χ3n) is 3.41. The molecule has 22 heavy (non-hydrogen) atoms. The van der Waals surface area contributed by atoms with Crippen LogP contribution in [0.1, 0.15) is 17.0 Å². The Labute approximate surface area is 135 Å². The maximum atomic E-state index is 5.87. The van der Waals surface area contributed by atoms with Crippen molar-refractivity contribution in [1.82, 2.24) is 9.55 Å². The van der Waals surface area contributed by atoms with E-state index in [1.807, 2.05) is 54.9 Å². The van der Waals surface area contributed by atoms with Crippen molar-refractivity contribution in [3.63, 3.8) is 0 Å². The molecule has 0 unspecified atom stereocenters. The molecule has 0 saturated heterocycles. The van der Waals surface area contributed by atoms with Gasteiger partial charge in [0.25, 0.3) is 0 Å². The SMILES string of the molecule is Clc1ccc(COCc2nccn2Cc2ccccc2)cc1. The maximum Gasteiger partial charge on any atom is 0.135 e. The van der Waals surface area contributed by atoms with E-state index >= 15 is 0 Å². The first-order valence-corrected chi connectivity index (χ1v) is 7.55. The van der Waals surface area contributed by atoms with Crippen LogP contribution in [0, 0.1) is 0 Å². The number of halogens is 1. The van der Waals surface area contributed by atoms with Gasteiger partial charge in [0.2, 0.25) is 0 Å². The summed E-state index contributed by atoms with van der Waals surface area (Å²) in [6.07, 6.45) is 3.79. The van der Waals surface area contributed by atoms with Crippen LogP contribution >= 0.6 is 11.6 Å². The molecule has 1 aromatic heterocycles. The summed E-state index contributed by atoms with van der Waals surface area (Å²) in [5, 5.41) is 0.738. The summed E-state index contributed by atoms with van der Waals surface area (Å²) in [5.74, 6) is 0.929. The molecule has 0 spiro atoms. The quantitative estimate of drug-likeness (QED) is 0.678. The first-order valence-electron chi connectivity index (χ1n) is 7.17. The molecule has 0 bridgehead atoms. The van der Waals surface area contributed by atoms with Crippen molar-refractivity contribution in [2.24, 2.45) is 0 Å². The van der Waals surface area contributed by atoms with Crippen molar-refractivity contribution in [3.05, 3.63) is 89.0 Å². The maximum absolute atomic E-state index is 5.87. The van der Waals surface area contributed by atoms with E-state index in [2.05, 4.69) is 21.7 Å². The summed E-state index contributed by atoms with van der Waals surface area (Å²) in [4.78, 5) is 4.37. The summed E-state index contributed by atoms with van der Waals surface area (Å²) in [5.41, 5.74) is 2.35. The third kappa shape index (κ3) is 3.97. The number of hydrogen-bond donors (Lipinski definition) is 0. The molecule has 112 valence electrons. The molecule has 0 aliphatic heterocycles. The first kappa shape index (κ1) is 14.8. The van der Waals surface area contributed by atoms with Gasteiger partial charge in [0.05, 0.1) is 6.61 Å². The van der Waals surface area contributed by atoms with E-state index in [0.29, 0.717) is 13.2 Å². The lowest BCUT2D eigenvalue weighted by molar-refractivity contribution is 0.0996. The molecule has 0 radical (unpaired) electrons. The Balaban J connectivity index is 1.57. The van der Waals surface area contributed by atoms with Gasteiger partial charge in [-0.2, -0.15) is 0 Å². The highest BCUT2D eigenvalue weighted by atomic mass is 35.5. The number of aromatic nitrogens is 2. The molecule has 0 N–H and O–H groups in total. The Bertz CT molecular complexity index is 707. The van der Waals surface area contributed by atoms with Gasteiger partial charge in [-0.15, -0.1) is 0 Å². The lowest BCUT2D eigenvalue weighted by Gasteiger charge is -2.09. The normalized spacial score (nSPS) is 10.8. The second-order valence-electron chi connectivity index (χ2n) is 5.08. The molecule has 0 aliphatic rings. The summed E-state index contributed by atoms with van der Waals surface area (Å²) in [6, 6.07) is 18.0. The van der Waals surface area contributed by atoms with Crippen LogP contribution in [-0.2, 0) is 24.5 Å². The van der Waals surface area contributed by atoms with Gasteiger partial charge in [0.1, 0.15) is 12.4 Å². The monoisotopic (exact) mass is 312 g/mol. The van der Waals surface area contributed by atoms with Crippen molar-refractivity contribution < 1.29 is 4.74 Å². The average Bonchev–Trinajstić information content (AvgIpc) is 2.98. The van der Waals surface area contributed by atoms with Gasteiger partial charge in [-0.3, -0.25) is 0 Å². The summed E-state index contributed by atoms with van der Waals surface area (Å²) in [6.45, 7) is 1.85. The van der Waals surface area contributed by atoms with E-state index in [-0.39, 0.29) is 0 Å². The topological polar surface area (TPSA) is 27.1 Å². The van der Waals surface area contributed by atoms with E-state index in [1.54, 1.807) is 0 Å². The van der Waals surface area contributed by atoms with Crippen molar-refractivity contribution in [2.75, 3.05) is 0 Å². The highest BCUT2D eigenvalue weighted by Gasteiger charge is 2.04. The first-order chi connectivity index (χ1) is 10.8. The number of ether oxygens (including phenoxy) is 1. The predicted molar refractivity (Wildman–Crippen MR) is 87.7 cm³/mol. The number of benzene rings is 2. The van der Waals surface area contributed by atoms with Gasteiger partial charge in [0, 0.05) is 24.0 Å². The molecule has 0 aliphatic carbocycles. The molecule has 0 amide bonds. The van der Waals surface area contributed by atoms with Crippen LogP contribution in [0.2, 0.25) is 5.02 Å². The van der Waals surface area contributed by atoms with Gasteiger partial charge in [-0.05, 0) is 23.3 Å². The smallest absolute Gasteiger partial charge is 0.135 e. The number of imidazole rings is 1. The minimum Gasteiger partial charge on any atom is -0.369 e. The van der Waals surface area contributed by atoms with Crippen molar-refractivity contribution in [2.45, 2.75) is 19.8 Å². The third-order valence-corrected chi connectivity index (χ3v) is 3.66. The van der Waals surface area contributed by atoms with E-state index in [4.69, 9.17) is 16.3 Å². The number of rotatable bonds is 6. The van der Waals surface area contributed by atoms with Crippen LogP contribution in [-0.4, -0.2) is 9.55 Å². The molecule has 3 aromatic rings. The van der Waals surface area contributed by atoms with Crippen LogP contribution < -0.4 is 0 Å². The van der Waals surface area contributed by atoms with E-state index in [0.717, 1.165) is 23.0 Å².